The number of rotatable bonds is 4. The molecule has 0 saturated heterocycles. The van der Waals surface area contributed by atoms with Gasteiger partial charge in [-0.2, -0.15) is 4.98 Å². The highest BCUT2D eigenvalue weighted by molar-refractivity contribution is 7.29. The summed E-state index contributed by atoms with van der Waals surface area (Å²) in [5, 5.41) is 0. The lowest BCUT2D eigenvalue weighted by Crippen LogP contribution is -3.00. The number of halogens is 1. The molecule has 0 amide bonds. The van der Waals surface area contributed by atoms with Gasteiger partial charge in [0.05, 0.1) is 33.6 Å². The van der Waals surface area contributed by atoms with Gasteiger partial charge in [0.15, 0.2) is 10.5 Å². The smallest absolute Gasteiger partial charge is 0.229 e. The van der Waals surface area contributed by atoms with Gasteiger partial charge in [-0.15, -0.1) is 0 Å². The first-order valence-electron chi connectivity index (χ1n) is 6.21. The molecule has 0 aliphatic rings. The van der Waals surface area contributed by atoms with Crippen LogP contribution < -0.4 is 24.0 Å². The van der Waals surface area contributed by atoms with Crippen molar-refractivity contribution >= 4 is 26.8 Å². The summed E-state index contributed by atoms with van der Waals surface area (Å²) in [5.74, 6) is 0.0673. The maximum atomic E-state index is 12.4. The molecule has 0 radical (unpaired) electrons. The van der Waals surface area contributed by atoms with Crippen LogP contribution in [-0.2, 0) is 0 Å². The molecule has 0 fully saturated rings. The first-order chi connectivity index (χ1) is 8.78. The van der Waals surface area contributed by atoms with Crippen molar-refractivity contribution in [3.8, 4) is 0 Å². The van der Waals surface area contributed by atoms with E-state index in [1.54, 1.807) is 18.2 Å². The SMILES string of the molecule is CC(C[N+](C)(C)C)C(=O)c1ccc2c(c1)nc[s+]2[O-].[I-]. The molecular formula is C14H19IN2O2S. The fourth-order valence-electron chi connectivity index (χ4n) is 2.29. The first kappa shape index (κ1) is 17.5. The fraction of sp³-hybridized carbons (Fsp3) is 0.429. The Bertz CT molecular complexity index is 619. The molecule has 0 aliphatic heterocycles. The zero-order valence-electron chi connectivity index (χ0n) is 12.1. The van der Waals surface area contributed by atoms with Gasteiger partial charge < -0.3 is 33.0 Å². The second kappa shape index (κ2) is 6.46. The number of ketones is 1. The van der Waals surface area contributed by atoms with Crippen molar-refractivity contribution in [2.75, 3.05) is 27.7 Å². The predicted molar refractivity (Wildman–Crippen MR) is 76.8 cm³/mol. The highest BCUT2D eigenvalue weighted by Crippen LogP contribution is 2.27. The molecule has 0 spiro atoms. The Kier molecular flexibility index (Phi) is 5.65. The second-order valence-electron chi connectivity index (χ2n) is 5.95. The van der Waals surface area contributed by atoms with Crippen LogP contribution in [0.3, 0.4) is 0 Å². The van der Waals surface area contributed by atoms with Crippen LogP contribution >= 0.6 is 10.8 Å². The summed E-state index contributed by atoms with van der Waals surface area (Å²) >= 11 is 0. The monoisotopic (exact) mass is 406 g/mol. The summed E-state index contributed by atoms with van der Waals surface area (Å²) in [6, 6.07) is 5.23. The molecule has 1 heterocycles. The lowest BCUT2D eigenvalue weighted by Gasteiger charge is -2.26. The highest BCUT2D eigenvalue weighted by Gasteiger charge is 2.22. The van der Waals surface area contributed by atoms with Crippen molar-refractivity contribution in [1.82, 2.24) is 4.98 Å². The summed E-state index contributed by atoms with van der Waals surface area (Å²) in [7, 11) is 5.06. The lowest BCUT2D eigenvalue weighted by atomic mass is 9.98. The van der Waals surface area contributed by atoms with E-state index in [1.807, 2.05) is 6.92 Å². The van der Waals surface area contributed by atoms with E-state index in [1.165, 1.54) is 5.51 Å². The van der Waals surface area contributed by atoms with E-state index < -0.39 is 10.8 Å². The minimum absolute atomic E-state index is 0. The lowest BCUT2D eigenvalue weighted by molar-refractivity contribution is -0.872. The van der Waals surface area contributed by atoms with Crippen molar-refractivity contribution in [3.05, 3.63) is 29.3 Å². The van der Waals surface area contributed by atoms with Gasteiger partial charge in [-0.05, 0) is 29.8 Å². The fourth-order valence-corrected chi connectivity index (χ4v) is 3.13. The largest absolute Gasteiger partial charge is 1.00 e. The minimum atomic E-state index is -1.15. The van der Waals surface area contributed by atoms with Crippen LogP contribution in [0.25, 0.3) is 10.2 Å². The Morgan fingerprint density at radius 1 is 1.40 bits per heavy atom. The molecule has 2 rings (SSSR count). The summed E-state index contributed by atoms with van der Waals surface area (Å²) in [6.07, 6.45) is 0. The number of thiazole rings is 1. The van der Waals surface area contributed by atoms with Crippen molar-refractivity contribution in [2.45, 2.75) is 6.92 Å². The molecule has 2 unspecified atom stereocenters. The van der Waals surface area contributed by atoms with E-state index in [-0.39, 0.29) is 35.7 Å². The minimum Gasteiger partial charge on any atom is -1.00 e. The number of nitrogens with zero attached hydrogens (tertiary/aromatic N) is 2. The van der Waals surface area contributed by atoms with E-state index >= 15 is 0 Å². The van der Waals surface area contributed by atoms with Crippen molar-refractivity contribution in [1.29, 1.82) is 0 Å². The highest BCUT2D eigenvalue weighted by atomic mass is 127. The number of aromatic nitrogens is 1. The number of fused-ring (bicyclic) bond motifs is 1. The number of carbonyl (C=O) groups is 1. The average molecular weight is 406 g/mol. The van der Waals surface area contributed by atoms with Crippen LogP contribution in [0.15, 0.2) is 23.7 Å². The molecule has 0 N–H and O–H groups in total. The molecule has 2 aromatic rings. The van der Waals surface area contributed by atoms with Crippen LogP contribution in [0, 0.1) is 5.92 Å². The quantitative estimate of drug-likeness (QED) is 0.298. The Hall–Kier alpha value is -0.570. The summed E-state index contributed by atoms with van der Waals surface area (Å²) in [6.45, 7) is 2.73. The summed E-state index contributed by atoms with van der Waals surface area (Å²) in [5.41, 5.74) is 2.71. The van der Waals surface area contributed by atoms with Crippen molar-refractivity contribution in [2.24, 2.45) is 5.92 Å². The van der Waals surface area contributed by atoms with Crippen molar-refractivity contribution < 1.29 is 37.8 Å². The molecule has 6 heteroatoms. The normalized spacial score (nSPS) is 13.9. The molecule has 110 valence electrons. The zero-order chi connectivity index (χ0) is 14.2. The number of quaternary nitrogens is 1. The van der Waals surface area contributed by atoms with Gasteiger partial charge in [0.25, 0.3) is 0 Å². The molecule has 1 aromatic carbocycles. The van der Waals surface area contributed by atoms with Gasteiger partial charge in [0.2, 0.25) is 5.51 Å². The number of hydrogen-bond acceptors (Lipinski definition) is 3. The topological polar surface area (TPSA) is 53.0 Å². The number of carbonyl (C=O) groups excluding carboxylic acids is 1. The van der Waals surface area contributed by atoms with E-state index in [9.17, 15) is 9.35 Å². The molecule has 0 aliphatic carbocycles. The average Bonchev–Trinajstić information content (AvgIpc) is 2.67. The van der Waals surface area contributed by atoms with Crippen LogP contribution in [0.5, 0.6) is 0 Å². The van der Waals surface area contributed by atoms with Crippen LogP contribution in [-0.4, -0.2) is 47.5 Å². The number of Topliss-reactive ketones (excluding diaryl/α,β-unsaturated/α-hetero) is 1. The molecule has 4 nitrogen and oxygen atoms in total. The van der Waals surface area contributed by atoms with Gasteiger partial charge in [0, 0.05) is 11.6 Å². The molecule has 0 saturated carbocycles. The van der Waals surface area contributed by atoms with Gasteiger partial charge in [-0.3, -0.25) is 4.79 Å². The summed E-state index contributed by atoms with van der Waals surface area (Å²) < 4.78 is 13.0. The van der Waals surface area contributed by atoms with Crippen LogP contribution in [0.1, 0.15) is 17.3 Å². The Morgan fingerprint density at radius 3 is 2.65 bits per heavy atom. The standard InChI is InChI=1S/C14H19N2O2S.HI/c1-10(8-16(2,3)4)14(17)11-5-6-13-12(7-11)15-9-19(13)18;/h5-7,9-10H,8H2,1-4H3;1H/q+1;/p-1. The Labute approximate surface area is 139 Å². The molecule has 0 bridgehead atoms. The van der Waals surface area contributed by atoms with Crippen LogP contribution in [0.2, 0.25) is 0 Å². The molecule has 20 heavy (non-hydrogen) atoms. The third kappa shape index (κ3) is 3.97. The third-order valence-corrected chi connectivity index (χ3v) is 4.09. The van der Waals surface area contributed by atoms with E-state index in [0.717, 1.165) is 11.0 Å². The molecular weight excluding hydrogens is 387 g/mol. The maximum Gasteiger partial charge on any atom is 0.229 e. The second-order valence-corrected chi connectivity index (χ2v) is 7.20. The van der Waals surface area contributed by atoms with Gasteiger partial charge in [-0.25, -0.2) is 0 Å². The van der Waals surface area contributed by atoms with E-state index in [0.29, 0.717) is 15.8 Å². The van der Waals surface area contributed by atoms with Crippen molar-refractivity contribution in [3.63, 3.8) is 0 Å². The van der Waals surface area contributed by atoms with Gasteiger partial charge in [-0.1, -0.05) is 0 Å². The Morgan fingerprint density at radius 2 is 2.05 bits per heavy atom. The third-order valence-electron chi connectivity index (χ3n) is 3.02. The zero-order valence-corrected chi connectivity index (χ0v) is 15.1. The predicted octanol–water partition coefficient (Wildman–Crippen LogP) is -0.509. The Balaban J connectivity index is 0.00000200. The molecule has 2 atom stereocenters. The van der Waals surface area contributed by atoms with Gasteiger partial charge in [0.1, 0.15) is 5.52 Å². The maximum absolute atomic E-state index is 12.4. The summed E-state index contributed by atoms with van der Waals surface area (Å²) in [4.78, 5) is 16.4. The van der Waals surface area contributed by atoms with E-state index in [2.05, 4.69) is 26.1 Å². The number of hydrogen-bond donors (Lipinski definition) is 0. The van der Waals surface area contributed by atoms with Gasteiger partial charge >= 0.3 is 0 Å². The first-order valence-corrected chi connectivity index (χ1v) is 7.43. The number of benzene rings is 1. The molecule has 1 aromatic heterocycles. The van der Waals surface area contributed by atoms with E-state index in [4.69, 9.17) is 0 Å². The van der Waals surface area contributed by atoms with Crippen LogP contribution in [0.4, 0.5) is 0 Å².